The van der Waals surface area contributed by atoms with Crippen molar-refractivity contribution in [1.82, 2.24) is 5.32 Å². The van der Waals surface area contributed by atoms with Gasteiger partial charge in [-0.25, -0.2) is 0 Å². The number of hydrogen-bond donors (Lipinski definition) is 3. The molecule has 0 radical (unpaired) electrons. The van der Waals surface area contributed by atoms with Gasteiger partial charge in [0, 0.05) is 5.75 Å². The van der Waals surface area contributed by atoms with Gasteiger partial charge in [-0.3, -0.25) is 9.87 Å². The summed E-state index contributed by atoms with van der Waals surface area (Å²) in [5, 5.41) is 2.88. The third-order valence-corrected chi connectivity index (χ3v) is 3.69. The van der Waals surface area contributed by atoms with Crippen molar-refractivity contribution >= 4 is 19.9 Å². The SMILES string of the molecule is N[C@]1(CSS(=O)(=O)O)CCN1. The highest BCUT2D eigenvalue weighted by Crippen LogP contribution is 2.20. The van der Waals surface area contributed by atoms with Crippen LogP contribution in [0.25, 0.3) is 0 Å². The second-order valence-electron chi connectivity index (χ2n) is 2.52. The molecule has 1 fully saturated rings. The van der Waals surface area contributed by atoms with Crippen LogP contribution in [0.3, 0.4) is 0 Å². The average Bonchev–Trinajstić information content (AvgIpc) is 1.77. The molecule has 5 nitrogen and oxygen atoms in total. The second-order valence-corrected chi connectivity index (χ2v) is 5.87. The van der Waals surface area contributed by atoms with E-state index < -0.39 is 14.8 Å². The Kier molecular flexibility index (Phi) is 2.45. The number of hydrogen-bond acceptors (Lipinski definition) is 5. The van der Waals surface area contributed by atoms with Crippen LogP contribution in [0.4, 0.5) is 0 Å². The third kappa shape index (κ3) is 2.96. The summed E-state index contributed by atoms with van der Waals surface area (Å²) < 4.78 is 28.9. The molecule has 0 aromatic rings. The van der Waals surface area contributed by atoms with Crippen LogP contribution in [0.1, 0.15) is 6.42 Å². The predicted octanol–water partition coefficient (Wildman–Crippen LogP) is -0.829. The monoisotopic (exact) mass is 198 g/mol. The standard InChI is InChI=1S/C4H10N2O3S2/c5-4(1-2-6-4)3-10-11(7,8)9/h6H,1-3,5H2,(H,7,8,9)/t4-/m1/s1. The van der Waals surface area contributed by atoms with E-state index >= 15 is 0 Å². The third-order valence-electron chi connectivity index (χ3n) is 1.51. The zero-order valence-corrected chi connectivity index (χ0v) is 7.41. The average molecular weight is 198 g/mol. The maximum Gasteiger partial charge on any atom is 0.319 e. The first-order valence-electron chi connectivity index (χ1n) is 3.07. The van der Waals surface area contributed by atoms with E-state index in [1.54, 1.807) is 0 Å². The van der Waals surface area contributed by atoms with Gasteiger partial charge < -0.3 is 5.73 Å². The van der Waals surface area contributed by atoms with E-state index in [-0.39, 0.29) is 5.75 Å². The molecule has 4 N–H and O–H groups in total. The van der Waals surface area contributed by atoms with Crippen LogP contribution in [-0.2, 0) is 9.15 Å². The van der Waals surface area contributed by atoms with Crippen molar-refractivity contribution in [3.05, 3.63) is 0 Å². The molecule has 0 saturated carbocycles. The summed E-state index contributed by atoms with van der Waals surface area (Å²) in [5.41, 5.74) is 5.01. The fourth-order valence-corrected chi connectivity index (χ4v) is 2.43. The van der Waals surface area contributed by atoms with Gasteiger partial charge in [0.15, 0.2) is 0 Å². The summed E-state index contributed by atoms with van der Waals surface area (Å²) in [7, 11) is -3.48. The van der Waals surface area contributed by atoms with Crippen LogP contribution < -0.4 is 11.1 Å². The van der Waals surface area contributed by atoms with Crippen molar-refractivity contribution in [1.29, 1.82) is 0 Å². The summed E-state index contributed by atoms with van der Waals surface area (Å²) in [4.78, 5) is 0. The van der Waals surface area contributed by atoms with E-state index in [2.05, 4.69) is 5.32 Å². The molecule has 1 rings (SSSR count). The van der Waals surface area contributed by atoms with Crippen LogP contribution >= 0.6 is 10.8 Å². The van der Waals surface area contributed by atoms with Gasteiger partial charge >= 0.3 is 9.15 Å². The first-order chi connectivity index (χ1) is 4.91. The van der Waals surface area contributed by atoms with E-state index in [9.17, 15) is 8.42 Å². The quantitative estimate of drug-likeness (QED) is 0.405. The van der Waals surface area contributed by atoms with E-state index in [1.807, 2.05) is 0 Å². The lowest BCUT2D eigenvalue weighted by Crippen LogP contribution is -2.65. The van der Waals surface area contributed by atoms with Crippen molar-refractivity contribution in [3.63, 3.8) is 0 Å². The van der Waals surface area contributed by atoms with Gasteiger partial charge in [-0.05, 0) is 23.8 Å². The lowest BCUT2D eigenvalue weighted by atomic mass is 10.0. The van der Waals surface area contributed by atoms with Gasteiger partial charge in [0.2, 0.25) is 0 Å². The van der Waals surface area contributed by atoms with E-state index in [1.165, 1.54) is 0 Å². The normalized spacial score (nSPS) is 31.5. The molecule has 0 bridgehead atoms. The van der Waals surface area contributed by atoms with Gasteiger partial charge in [0.25, 0.3) is 0 Å². The Balaban J connectivity index is 2.33. The van der Waals surface area contributed by atoms with Crippen LogP contribution in [0.15, 0.2) is 0 Å². The molecule has 0 unspecified atom stereocenters. The Morgan fingerprint density at radius 2 is 2.27 bits per heavy atom. The van der Waals surface area contributed by atoms with Crippen LogP contribution in [0.2, 0.25) is 0 Å². The lowest BCUT2D eigenvalue weighted by molar-refractivity contribution is 0.249. The van der Waals surface area contributed by atoms with E-state index in [0.29, 0.717) is 10.8 Å². The number of nitrogens with two attached hydrogens (primary N) is 1. The molecule has 0 amide bonds. The maximum atomic E-state index is 10.3. The summed E-state index contributed by atoms with van der Waals surface area (Å²) in [5.74, 6) is 0.186. The predicted molar refractivity (Wildman–Crippen MR) is 43.5 cm³/mol. The Bertz CT molecular complexity index is 234. The zero-order chi connectivity index (χ0) is 8.54. The zero-order valence-electron chi connectivity index (χ0n) is 5.78. The van der Waals surface area contributed by atoms with Crippen molar-refractivity contribution < 1.29 is 13.0 Å². The smallest absolute Gasteiger partial charge is 0.313 e. The van der Waals surface area contributed by atoms with Gasteiger partial charge in [0.1, 0.15) is 0 Å². The molecule has 0 aromatic heterocycles. The summed E-state index contributed by atoms with van der Waals surface area (Å²) in [6.45, 7) is 0.808. The Morgan fingerprint density at radius 3 is 2.55 bits per heavy atom. The molecule has 1 aliphatic rings. The van der Waals surface area contributed by atoms with Crippen LogP contribution in [-0.4, -0.2) is 30.9 Å². The summed E-state index contributed by atoms with van der Waals surface area (Å²) in [6.07, 6.45) is 0.746. The fourth-order valence-electron chi connectivity index (χ4n) is 0.749. The van der Waals surface area contributed by atoms with Crippen LogP contribution in [0, 0.1) is 0 Å². The topological polar surface area (TPSA) is 92.4 Å². The molecule has 0 aromatic carbocycles. The van der Waals surface area contributed by atoms with Gasteiger partial charge in [0.05, 0.1) is 5.66 Å². The minimum absolute atomic E-state index is 0.186. The fraction of sp³-hybridized carbons (Fsp3) is 1.00. The highest BCUT2D eigenvalue weighted by atomic mass is 33.1. The minimum Gasteiger partial charge on any atom is -0.313 e. The highest BCUT2D eigenvalue weighted by molar-refractivity contribution is 8.69. The molecule has 1 saturated heterocycles. The summed E-state index contributed by atoms with van der Waals surface area (Å²) in [6, 6.07) is 0. The van der Waals surface area contributed by atoms with Crippen molar-refractivity contribution in [3.8, 4) is 0 Å². The Morgan fingerprint density at radius 1 is 1.73 bits per heavy atom. The summed E-state index contributed by atoms with van der Waals surface area (Å²) >= 11 is 0. The molecule has 1 heterocycles. The van der Waals surface area contributed by atoms with Crippen LogP contribution in [0.5, 0.6) is 0 Å². The first-order valence-corrected chi connectivity index (χ1v) is 6.01. The Labute approximate surface area is 68.9 Å². The number of nitrogens with one attached hydrogen (secondary N) is 1. The van der Waals surface area contributed by atoms with E-state index in [0.717, 1.165) is 13.0 Å². The molecule has 1 aliphatic heterocycles. The molecule has 7 heteroatoms. The Hall–Kier alpha value is 0.180. The highest BCUT2D eigenvalue weighted by Gasteiger charge is 2.33. The first kappa shape index (κ1) is 9.27. The van der Waals surface area contributed by atoms with Crippen molar-refractivity contribution in [2.45, 2.75) is 12.1 Å². The second kappa shape index (κ2) is 2.91. The lowest BCUT2D eigenvalue weighted by Gasteiger charge is -2.38. The van der Waals surface area contributed by atoms with Crippen molar-refractivity contribution in [2.75, 3.05) is 12.3 Å². The van der Waals surface area contributed by atoms with E-state index in [4.69, 9.17) is 10.3 Å². The largest absolute Gasteiger partial charge is 0.319 e. The molecular weight excluding hydrogens is 188 g/mol. The molecule has 0 spiro atoms. The molecule has 66 valence electrons. The molecule has 0 aliphatic carbocycles. The number of rotatable bonds is 3. The van der Waals surface area contributed by atoms with Gasteiger partial charge in [-0.1, -0.05) is 0 Å². The molecule has 11 heavy (non-hydrogen) atoms. The molecular formula is C4H10N2O3S2. The minimum atomic E-state index is -3.94. The van der Waals surface area contributed by atoms with Crippen molar-refractivity contribution in [2.24, 2.45) is 5.73 Å². The van der Waals surface area contributed by atoms with Gasteiger partial charge in [-0.2, -0.15) is 8.42 Å². The van der Waals surface area contributed by atoms with Gasteiger partial charge in [-0.15, -0.1) is 0 Å². The molecule has 1 atom stereocenters. The maximum absolute atomic E-state index is 10.3.